The van der Waals surface area contributed by atoms with E-state index in [1.807, 2.05) is 13.8 Å². The molecule has 1 unspecified atom stereocenters. The van der Waals surface area contributed by atoms with E-state index < -0.39 is 5.60 Å². The molecule has 0 aliphatic rings. The second-order valence-corrected chi connectivity index (χ2v) is 5.78. The number of rotatable bonds is 11. The number of hydrogen-bond donors (Lipinski definition) is 1. The molecule has 0 aliphatic heterocycles. The number of ether oxygens (including phenoxy) is 2. The van der Waals surface area contributed by atoms with Crippen LogP contribution in [0.5, 0.6) is 0 Å². The van der Waals surface area contributed by atoms with E-state index in [4.69, 9.17) is 9.47 Å². The van der Waals surface area contributed by atoms with Crippen molar-refractivity contribution in [1.29, 1.82) is 0 Å². The third kappa shape index (κ3) is 11.2. The van der Waals surface area contributed by atoms with Gasteiger partial charge in [-0.05, 0) is 52.9 Å². The van der Waals surface area contributed by atoms with E-state index in [9.17, 15) is 5.11 Å². The Labute approximate surface area is 124 Å². The summed E-state index contributed by atoms with van der Waals surface area (Å²) in [4.78, 5) is 0. The molecule has 0 spiro atoms. The SMILES string of the molecule is CCC(C)(O)CCC=C(C)CCC=C(C)COCOC. The molecule has 0 heterocycles. The maximum absolute atomic E-state index is 9.92. The van der Waals surface area contributed by atoms with Crippen molar-refractivity contribution in [2.24, 2.45) is 0 Å². The van der Waals surface area contributed by atoms with Crippen molar-refractivity contribution in [2.75, 3.05) is 20.5 Å². The lowest BCUT2D eigenvalue weighted by molar-refractivity contribution is -0.0211. The van der Waals surface area contributed by atoms with Gasteiger partial charge in [0, 0.05) is 7.11 Å². The molecule has 0 amide bonds. The highest BCUT2D eigenvalue weighted by Crippen LogP contribution is 2.17. The first kappa shape index (κ1) is 19.4. The van der Waals surface area contributed by atoms with Crippen LogP contribution in [-0.2, 0) is 9.47 Å². The quantitative estimate of drug-likeness (QED) is 0.351. The first-order chi connectivity index (χ1) is 9.41. The molecule has 0 saturated carbocycles. The standard InChI is InChI=1S/C17H32O3/c1-6-17(4,18)12-8-11-15(2)9-7-10-16(3)13-20-14-19-5/h10-11,18H,6-9,12-14H2,1-5H3. The van der Waals surface area contributed by atoms with E-state index in [0.29, 0.717) is 13.4 Å². The summed E-state index contributed by atoms with van der Waals surface area (Å²) in [6.07, 6.45) is 9.16. The van der Waals surface area contributed by atoms with Gasteiger partial charge in [0.2, 0.25) is 0 Å². The molecule has 0 aromatic carbocycles. The molecule has 3 heteroatoms. The van der Waals surface area contributed by atoms with E-state index in [2.05, 4.69) is 26.0 Å². The maximum atomic E-state index is 9.92. The van der Waals surface area contributed by atoms with Gasteiger partial charge in [-0.1, -0.05) is 30.2 Å². The highest BCUT2D eigenvalue weighted by Gasteiger charge is 2.15. The van der Waals surface area contributed by atoms with E-state index in [0.717, 1.165) is 32.1 Å². The second-order valence-electron chi connectivity index (χ2n) is 5.78. The van der Waals surface area contributed by atoms with Crippen molar-refractivity contribution >= 4 is 0 Å². The Bertz CT molecular complexity index is 303. The molecule has 0 aromatic rings. The molecule has 1 atom stereocenters. The summed E-state index contributed by atoms with van der Waals surface area (Å²) < 4.78 is 10.1. The predicted molar refractivity (Wildman–Crippen MR) is 84.7 cm³/mol. The minimum Gasteiger partial charge on any atom is -0.390 e. The zero-order valence-electron chi connectivity index (χ0n) is 13.9. The summed E-state index contributed by atoms with van der Waals surface area (Å²) in [7, 11) is 1.63. The molecule has 0 rings (SSSR count). The normalized spacial score (nSPS) is 16.3. The van der Waals surface area contributed by atoms with Crippen LogP contribution in [0.3, 0.4) is 0 Å². The molecule has 118 valence electrons. The predicted octanol–water partition coefficient (Wildman–Crippen LogP) is 4.22. The van der Waals surface area contributed by atoms with Gasteiger partial charge >= 0.3 is 0 Å². The lowest BCUT2D eigenvalue weighted by atomic mass is 9.96. The average Bonchev–Trinajstić information content (AvgIpc) is 2.39. The monoisotopic (exact) mass is 284 g/mol. The van der Waals surface area contributed by atoms with Crippen LogP contribution in [0.4, 0.5) is 0 Å². The van der Waals surface area contributed by atoms with Crippen molar-refractivity contribution < 1.29 is 14.6 Å². The summed E-state index contributed by atoms with van der Waals surface area (Å²) >= 11 is 0. The molecule has 0 fully saturated rings. The summed E-state index contributed by atoms with van der Waals surface area (Å²) in [5.74, 6) is 0. The van der Waals surface area contributed by atoms with Gasteiger partial charge in [0.15, 0.2) is 0 Å². The fourth-order valence-corrected chi connectivity index (χ4v) is 1.80. The number of methoxy groups -OCH3 is 1. The van der Waals surface area contributed by atoms with Crippen molar-refractivity contribution in [3.05, 3.63) is 23.3 Å². The zero-order valence-corrected chi connectivity index (χ0v) is 13.9. The first-order valence-corrected chi connectivity index (χ1v) is 7.51. The van der Waals surface area contributed by atoms with Crippen LogP contribution < -0.4 is 0 Å². The second kappa shape index (κ2) is 11.1. The lowest BCUT2D eigenvalue weighted by Crippen LogP contribution is -2.21. The largest absolute Gasteiger partial charge is 0.390 e. The van der Waals surface area contributed by atoms with Crippen molar-refractivity contribution in [3.63, 3.8) is 0 Å². The Morgan fingerprint density at radius 3 is 2.40 bits per heavy atom. The van der Waals surface area contributed by atoms with Crippen LogP contribution in [0.1, 0.15) is 59.8 Å². The van der Waals surface area contributed by atoms with Crippen molar-refractivity contribution in [2.45, 2.75) is 65.4 Å². The lowest BCUT2D eigenvalue weighted by Gasteiger charge is -2.20. The number of hydrogen-bond acceptors (Lipinski definition) is 3. The molecule has 3 nitrogen and oxygen atoms in total. The molecule has 20 heavy (non-hydrogen) atoms. The zero-order chi connectivity index (χ0) is 15.4. The summed E-state index contributed by atoms with van der Waals surface area (Å²) in [5.41, 5.74) is 2.11. The average molecular weight is 284 g/mol. The van der Waals surface area contributed by atoms with E-state index in [1.54, 1.807) is 7.11 Å². The van der Waals surface area contributed by atoms with Gasteiger partial charge in [0.05, 0.1) is 12.2 Å². The Morgan fingerprint density at radius 1 is 1.15 bits per heavy atom. The molecule has 0 aliphatic carbocycles. The minimum absolute atomic E-state index is 0.349. The highest BCUT2D eigenvalue weighted by molar-refractivity contribution is 5.04. The Morgan fingerprint density at radius 2 is 1.80 bits per heavy atom. The van der Waals surface area contributed by atoms with Gasteiger partial charge in [-0.3, -0.25) is 0 Å². The molecule has 0 radical (unpaired) electrons. The topological polar surface area (TPSA) is 38.7 Å². The van der Waals surface area contributed by atoms with Crippen LogP contribution >= 0.6 is 0 Å². The van der Waals surface area contributed by atoms with Gasteiger partial charge in [0.25, 0.3) is 0 Å². The van der Waals surface area contributed by atoms with E-state index >= 15 is 0 Å². The van der Waals surface area contributed by atoms with Crippen molar-refractivity contribution in [1.82, 2.24) is 0 Å². The molecule has 0 aromatic heterocycles. The molecular weight excluding hydrogens is 252 g/mol. The summed E-state index contributed by atoms with van der Waals surface area (Å²) in [5, 5.41) is 9.92. The fraction of sp³-hybridized carbons (Fsp3) is 0.765. The smallest absolute Gasteiger partial charge is 0.146 e. The van der Waals surface area contributed by atoms with Gasteiger partial charge in [-0.2, -0.15) is 0 Å². The molecular formula is C17H32O3. The van der Waals surface area contributed by atoms with E-state index in [1.165, 1.54) is 11.1 Å². The third-order valence-corrected chi connectivity index (χ3v) is 3.50. The van der Waals surface area contributed by atoms with Gasteiger partial charge in [-0.25, -0.2) is 0 Å². The van der Waals surface area contributed by atoms with E-state index in [-0.39, 0.29) is 0 Å². The van der Waals surface area contributed by atoms with Gasteiger partial charge in [-0.15, -0.1) is 0 Å². The van der Waals surface area contributed by atoms with Gasteiger partial charge < -0.3 is 14.6 Å². The van der Waals surface area contributed by atoms with Crippen LogP contribution in [0.2, 0.25) is 0 Å². The summed E-state index contributed by atoms with van der Waals surface area (Å²) in [6.45, 7) is 9.15. The number of allylic oxidation sites excluding steroid dienone is 3. The Balaban J connectivity index is 3.86. The Kier molecular flexibility index (Phi) is 10.7. The Hall–Kier alpha value is -0.640. The van der Waals surface area contributed by atoms with Crippen LogP contribution in [0.15, 0.2) is 23.3 Å². The third-order valence-electron chi connectivity index (χ3n) is 3.50. The van der Waals surface area contributed by atoms with Gasteiger partial charge in [0.1, 0.15) is 6.79 Å². The van der Waals surface area contributed by atoms with Crippen LogP contribution in [-0.4, -0.2) is 31.2 Å². The van der Waals surface area contributed by atoms with Crippen LogP contribution in [0.25, 0.3) is 0 Å². The molecule has 0 bridgehead atoms. The minimum atomic E-state index is -0.522. The summed E-state index contributed by atoms with van der Waals surface area (Å²) in [6, 6.07) is 0. The highest BCUT2D eigenvalue weighted by atomic mass is 16.7. The molecule has 0 saturated heterocycles. The van der Waals surface area contributed by atoms with Crippen LogP contribution in [0, 0.1) is 0 Å². The number of aliphatic hydroxyl groups is 1. The molecule has 1 N–H and O–H groups in total. The maximum Gasteiger partial charge on any atom is 0.146 e. The van der Waals surface area contributed by atoms with Crippen molar-refractivity contribution in [3.8, 4) is 0 Å². The first-order valence-electron chi connectivity index (χ1n) is 7.51. The fourth-order valence-electron chi connectivity index (χ4n) is 1.80.